The van der Waals surface area contributed by atoms with Gasteiger partial charge in [0.15, 0.2) is 0 Å². The molecule has 0 aromatic heterocycles. The molecule has 5 N–H and O–H groups in total. The van der Waals surface area contributed by atoms with Gasteiger partial charge in [0.2, 0.25) is 0 Å². The third-order valence-corrected chi connectivity index (χ3v) is 5.28. The minimum Gasteiger partial charge on any atom is -0.344 e. The molecule has 0 rings (SSSR count). The number of hydrogen-bond acceptors (Lipinski definition) is 3. The number of nitrogens with one attached hydrogen (secondary N) is 2. The van der Waals surface area contributed by atoms with E-state index in [2.05, 4.69) is 31.4 Å². The number of unbranched alkanes of at least 4 members (excludes halogenated alkanes) is 15. The fourth-order valence-corrected chi connectivity index (χ4v) is 3.56. The second kappa shape index (κ2) is 24.9. The van der Waals surface area contributed by atoms with Crippen LogP contribution >= 0.6 is 0 Å². The Morgan fingerprint density at radius 2 is 0.885 bits per heavy atom. The molecule has 0 saturated carbocycles. The average molecular weight is 372 g/mol. The van der Waals surface area contributed by atoms with Crippen molar-refractivity contribution < 1.29 is 0 Å². The van der Waals surface area contributed by atoms with Gasteiger partial charge < -0.3 is 16.8 Å². The summed E-state index contributed by atoms with van der Waals surface area (Å²) in [6.07, 6.45) is 24.8. The van der Waals surface area contributed by atoms with E-state index < -0.39 is 0 Å². The molecule has 0 spiro atoms. The Morgan fingerprint density at radius 1 is 0.500 bits per heavy atom. The van der Waals surface area contributed by atoms with Crippen LogP contribution in [0, 0.1) is 0 Å². The zero-order valence-corrected chi connectivity index (χ0v) is 18.7. The van der Waals surface area contributed by atoms with Crippen LogP contribution in [-0.2, 0) is 0 Å². The van der Waals surface area contributed by atoms with Crippen molar-refractivity contribution in [3.8, 4) is 0 Å². The van der Waals surface area contributed by atoms with Crippen molar-refractivity contribution in [3.63, 3.8) is 0 Å². The first kappa shape index (κ1) is 28.1. The van der Waals surface area contributed by atoms with E-state index in [0.29, 0.717) is 6.17 Å². The smallest absolute Gasteiger partial charge is 0.0568 e. The lowest BCUT2D eigenvalue weighted by atomic mass is 10.0. The lowest BCUT2D eigenvalue weighted by molar-refractivity contribution is 0.414. The van der Waals surface area contributed by atoms with Gasteiger partial charge in [-0.05, 0) is 25.9 Å². The molecule has 3 nitrogen and oxygen atoms in total. The Hall–Kier alpha value is -0.120. The van der Waals surface area contributed by atoms with Crippen LogP contribution in [0.2, 0.25) is 0 Å². The summed E-state index contributed by atoms with van der Waals surface area (Å²) >= 11 is 0. The second-order valence-corrected chi connectivity index (χ2v) is 7.78. The molecule has 0 aromatic carbocycles. The monoisotopic (exact) mass is 371 g/mol. The Morgan fingerprint density at radius 3 is 1.23 bits per heavy atom. The first-order valence-corrected chi connectivity index (χ1v) is 11.8. The van der Waals surface area contributed by atoms with Gasteiger partial charge in [0, 0.05) is 0 Å². The standard InChI is InChI=1S/C23H50N2.H3N/c1-4-7-8-9-10-11-12-13-14-15-16-17-18-19-20-21-22-25-23(5-2)24-6-3;/h23-25H,4-22H2,1-3H3;1H3. The summed E-state index contributed by atoms with van der Waals surface area (Å²) in [5, 5.41) is 7.08. The third kappa shape index (κ3) is 21.9. The highest BCUT2D eigenvalue weighted by atomic mass is 15.1. The molecule has 0 aliphatic carbocycles. The first-order valence-electron chi connectivity index (χ1n) is 11.8. The maximum absolute atomic E-state index is 3.61. The fraction of sp³-hybridized carbons (Fsp3) is 1.00. The summed E-state index contributed by atoms with van der Waals surface area (Å²) < 4.78 is 0. The van der Waals surface area contributed by atoms with E-state index in [-0.39, 0.29) is 6.15 Å². The fourth-order valence-electron chi connectivity index (χ4n) is 3.56. The Balaban J connectivity index is 0. The Bertz CT molecular complexity index is 233. The zero-order valence-electron chi connectivity index (χ0n) is 18.7. The van der Waals surface area contributed by atoms with Crippen LogP contribution in [0.1, 0.15) is 130 Å². The highest BCUT2D eigenvalue weighted by molar-refractivity contribution is 4.61. The summed E-state index contributed by atoms with van der Waals surface area (Å²) in [5.41, 5.74) is 0. The molecule has 3 heteroatoms. The quantitative estimate of drug-likeness (QED) is 0.146. The molecule has 0 radical (unpaired) electrons. The SMILES string of the molecule is CCCCCCCCCCCCCCCCCCNC(CC)NCC.N. The lowest BCUT2D eigenvalue weighted by Crippen LogP contribution is -2.41. The normalized spacial score (nSPS) is 12.1. The molecule has 0 amide bonds. The van der Waals surface area contributed by atoms with Crippen molar-refractivity contribution in [2.75, 3.05) is 13.1 Å². The largest absolute Gasteiger partial charge is 0.344 e. The average Bonchev–Trinajstić information content (AvgIpc) is 2.63. The maximum Gasteiger partial charge on any atom is 0.0568 e. The summed E-state index contributed by atoms with van der Waals surface area (Å²) in [6, 6.07) is 0. The van der Waals surface area contributed by atoms with E-state index >= 15 is 0 Å². The van der Waals surface area contributed by atoms with E-state index in [1.54, 1.807) is 0 Å². The highest BCUT2D eigenvalue weighted by Gasteiger charge is 2.01. The van der Waals surface area contributed by atoms with E-state index in [1.807, 2.05) is 0 Å². The molecule has 0 aliphatic rings. The van der Waals surface area contributed by atoms with Gasteiger partial charge in [-0.15, -0.1) is 0 Å². The van der Waals surface area contributed by atoms with E-state index in [1.165, 1.54) is 116 Å². The summed E-state index contributed by atoms with van der Waals surface area (Å²) in [5.74, 6) is 0. The van der Waals surface area contributed by atoms with Crippen molar-refractivity contribution >= 4 is 0 Å². The van der Waals surface area contributed by atoms with E-state index in [4.69, 9.17) is 0 Å². The molecule has 26 heavy (non-hydrogen) atoms. The topological polar surface area (TPSA) is 59.1 Å². The van der Waals surface area contributed by atoms with Gasteiger partial charge >= 0.3 is 0 Å². The molecular formula is C23H53N3. The van der Waals surface area contributed by atoms with E-state index in [9.17, 15) is 0 Å². The second-order valence-electron chi connectivity index (χ2n) is 7.78. The maximum atomic E-state index is 3.61. The van der Waals surface area contributed by atoms with Crippen LogP contribution in [0.4, 0.5) is 0 Å². The van der Waals surface area contributed by atoms with Crippen molar-refractivity contribution in [2.45, 2.75) is 136 Å². The summed E-state index contributed by atoms with van der Waals surface area (Å²) in [6.45, 7) is 8.95. The first-order chi connectivity index (χ1) is 12.3. The minimum atomic E-state index is 0. The van der Waals surface area contributed by atoms with Gasteiger partial charge in [-0.25, -0.2) is 0 Å². The molecule has 0 fully saturated rings. The van der Waals surface area contributed by atoms with Gasteiger partial charge in [-0.2, -0.15) is 0 Å². The number of rotatable bonds is 21. The highest BCUT2D eigenvalue weighted by Crippen LogP contribution is 2.13. The van der Waals surface area contributed by atoms with Gasteiger partial charge in [0.1, 0.15) is 0 Å². The van der Waals surface area contributed by atoms with E-state index in [0.717, 1.165) is 6.54 Å². The van der Waals surface area contributed by atoms with Crippen LogP contribution in [0.25, 0.3) is 0 Å². The predicted octanol–water partition coefficient (Wildman–Crippen LogP) is 7.35. The molecule has 1 unspecified atom stereocenters. The van der Waals surface area contributed by atoms with Gasteiger partial charge in [0.05, 0.1) is 6.17 Å². The van der Waals surface area contributed by atoms with Gasteiger partial charge in [-0.1, -0.05) is 117 Å². The van der Waals surface area contributed by atoms with Crippen LogP contribution in [0.5, 0.6) is 0 Å². The van der Waals surface area contributed by atoms with Crippen LogP contribution in [0.15, 0.2) is 0 Å². The molecule has 1 atom stereocenters. The summed E-state index contributed by atoms with van der Waals surface area (Å²) in [4.78, 5) is 0. The van der Waals surface area contributed by atoms with Crippen LogP contribution < -0.4 is 16.8 Å². The lowest BCUT2D eigenvalue weighted by Gasteiger charge is -2.17. The predicted molar refractivity (Wildman–Crippen MR) is 120 cm³/mol. The van der Waals surface area contributed by atoms with Crippen molar-refractivity contribution in [3.05, 3.63) is 0 Å². The molecule has 0 bridgehead atoms. The number of hydrogen-bond donors (Lipinski definition) is 3. The molecule has 0 saturated heterocycles. The molecular weight excluding hydrogens is 318 g/mol. The van der Waals surface area contributed by atoms with Crippen molar-refractivity contribution in [2.24, 2.45) is 0 Å². The molecule has 0 aliphatic heterocycles. The van der Waals surface area contributed by atoms with Crippen molar-refractivity contribution in [1.82, 2.24) is 16.8 Å². The summed E-state index contributed by atoms with van der Waals surface area (Å²) in [7, 11) is 0. The molecule has 0 heterocycles. The Kier molecular flexibility index (Phi) is 26.9. The van der Waals surface area contributed by atoms with Crippen LogP contribution in [0.3, 0.4) is 0 Å². The Labute approximate surface area is 166 Å². The van der Waals surface area contributed by atoms with Crippen molar-refractivity contribution in [1.29, 1.82) is 0 Å². The third-order valence-electron chi connectivity index (χ3n) is 5.28. The zero-order chi connectivity index (χ0) is 18.4. The molecule has 160 valence electrons. The van der Waals surface area contributed by atoms with Gasteiger partial charge in [-0.3, -0.25) is 0 Å². The minimum absolute atomic E-state index is 0. The van der Waals surface area contributed by atoms with Gasteiger partial charge in [0.25, 0.3) is 0 Å². The molecule has 0 aromatic rings. The van der Waals surface area contributed by atoms with Crippen LogP contribution in [-0.4, -0.2) is 19.3 Å².